The number of halogens is 2. The Hall–Kier alpha value is -2.94. The van der Waals surface area contributed by atoms with Crippen LogP contribution < -0.4 is 9.64 Å². The molecule has 10 heteroatoms. The molecule has 1 aromatic heterocycles. The number of carbonyl (C=O) groups excluding carboxylic acids is 2. The molecular formula is C22H17Cl2N3O4S. The van der Waals surface area contributed by atoms with Gasteiger partial charge < -0.3 is 9.84 Å². The van der Waals surface area contributed by atoms with E-state index in [1.165, 1.54) is 4.90 Å². The predicted molar refractivity (Wildman–Crippen MR) is 124 cm³/mol. The first-order valence-electron chi connectivity index (χ1n) is 9.61. The van der Waals surface area contributed by atoms with Crippen molar-refractivity contribution in [2.45, 2.75) is 19.9 Å². The molecule has 1 aliphatic rings. The summed E-state index contributed by atoms with van der Waals surface area (Å²) < 4.78 is 5.43. The van der Waals surface area contributed by atoms with Crippen LogP contribution >= 0.6 is 34.5 Å². The smallest absolute Gasteiger partial charge is 0.301 e. The van der Waals surface area contributed by atoms with Gasteiger partial charge in [-0.25, -0.2) is 0 Å². The number of Topliss-reactive ketones (excluding diaryl/α,β-unsaturated/α-hetero) is 1. The molecule has 164 valence electrons. The van der Waals surface area contributed by atoms with Gasteiger partial charge in [0.15, 0.2) is 0 Å². The SMILES string of the molecule is CCOc1ccc(C(O)=C2C(=O)C(=O)N(c3nnc(C)s3)C2c2ccc(Cl)c(Cl)c2)cc1. The molecule has 0 saturated carbocycles. The quantitative estimate of drug-likeness (QED) is 0.301. The zero-order valence-electron chi connectivity index (χ0n) is 17.0. The molecule has 4 rings (SSSR count). The van der Waals surface area contributed by atoms with E-state index in [0.29, 0.717) is 33.5 Å². The van der Waals surface area contributed by atoms with Crippen molar-refractivity contribution in [2.24, 2.45) is 0 Å². The lowest BCUT2D eigenvalue weighted by molar-refractivity contribution is -0.132. The molecule has 32 heavy (non-hydrogen) atoms. The Morgan fingerprint density at radius 1 is 1.12 bits per heavy atom. The molecule has 3 aromatic rings. The van der Waals surface area contributed by atoms with Gasteiger partial charge in [0.25, 0.3) is 5.78 Å². The fourth-order valence-corrected chi connectivity index (χ4v) is 4.46. The first-order valence-corrected chi connectivity index (χ1v) is 11.2. The van der Waals surface area contributed by atoms with Crippen LogP contribution in [0.4, 0.5) is 5.13 Å². The Morgan fingerprint density at radius 3 is 2.44 bits per heavy atom. The lowest BCUT2D eigenvalue weighted by atomic mass is 9.95. The summed E-state index contributed by atoms with van der Waals surface area (Å²) in [5, 5.41) is 20.5. The summed E-state index contributed by atoms with van der Waals surface area (Å²) in [4.78, 5) is 27.3. The zero-order valence-corrected chi connectivity index (χ0v) is 19.3. The maximum atomic E-state index is 13.1. The Morgan fingerprint density at radius 2 is 1.84 bits per heavy atom. The molecule has 7 nitrogen and oxygen atoms in total. The number of carbonyl (C=O) groups is 2. The molecular weight excluding hydrogens is 473 g/mol. The van der Waals surface area contributed by atoms with Gasteiger partial charge in [-0.1, -0.05) is 40.6 Å². The summed E-state index contributed by atoms with van der Waals surface area (Å²) in [5.74, 6) is -1.34. The van der Waals surface area contributed by atoms with Crippen molar-refractivity contribution in [1.29, 1.82) is 0 Å². The maximum absolute atomic E-state index is 13.1. The number of nitrogens with zero attached hydrogens (tertiary/aromatic N) is 3. The summed E-state index contributed by atoms with van der Waals surface area (Å²) in [6, 6.07) is 10.4. The van der Waals surface area contributed by atoms with Gasteiger partial charge in [-0.05, 0) is 55.8 Å². The maximum Gasteiger partial charge on any atom is 0.301 e. The monoisotopic (exact) mass is 489 g/mol. The van der Waals surface area contributed by atoms with Crippen molar-refractivity contribution in [1.82, 2.24) is 10.2 Å². The highest BCUT2D eigenvalue weighted by Gasteiger charge is 2.48. The number of rotatable bonds is 5. The molecule has 2 aromatic carbocycles. The lowest BCUT2D eigenvalue weighted by Gasteiger charge is -2.23. The van der Waals surface area contributed by atoms with Crippen LogP contribution in [-0.4, -0.2) is 33.6 Å². The number of anilines is 1. The number of ketones is 1. The van der Waals surface area contributed by atoms with E-state index >= 15 is 0 Å². The van der Waals surface area contributed by atoms with E-state index < -0.39 is 17.7 Å². The van der Waals surface area contributed by atoms with Gasteiger partial charge in [0.1, 0.15) is 16.5 Å². The largest absolute Gasteiger partial charge is 0.507 e. The van der Waals surface area contributed by atoms with Crippen LogP contribution in [0.2, 0.25) is 10.0 Å². The van der Waals surface area contributed by atoms with Crippen LogP contribution in [0, 0.1) is 6.92 Å². The number of aromatic nitrogens is 2. The van der Waals surface area contributed by atoms with Crippen LogP contribution in [0.1, 0.15) is 29.1 Å². The Kier molecular flexibility index (Phi) is 6.19. The summed E-state index contributed by atoms with van der Waals surface area (Å²) in [7, 11) is 0. The first kappa shape index (κ1) is 22.3. The summed E-state index contributed by atoms with van der Waals surface area (Å²) in [6.45, 7) is 4.10. The van der Waals surface area contributed by atoms with Crippen LogP contribution in [0.3, 0.4) is 0 Å². The number of hydrogen-bond donors (Lipinski definition) is 1. The fourth-order valence-electron chi connectivity index (χ4n) is 3.44. The standard InChI is InChI=1S/C22H17Cl2N3O4S/c1-3-31-14-7-4-12(5-8-14)19(28)17-18(13-6-9-15(23)16(24)10-13)27(21(30)20(17)29)22-26-25-11(2)32-22/h4-10,18,28H,3H2,1-2H3. The number of ether oxygens (including phenoxy) is 1. The second kappa shape index (κ2) is 8.90. The highest BCUT2D eigenvalue weighted by molar-refractivity contribution is 7.15. The second-order valence-electron chi connectivity index (χ2n) is 6.90. The third-order valence-electron chi connectivity index (χ3n) is 4.86. The van der Waals surface area contributed by atoms with Gasteiger partial charge in [-0.2, -0.15) is 0 Å². The minimum Gasteiger partial charge on any atom is -0.507 e. The molecule has 0 bridgehead atoms. The van der Waals surface area contributed by atoms with E-state index in [0.717, 1.165) is 11.3 Å². The van der Waals surface area contributed by atoms with Crippen molar-refractivity contribution in [3.63, 3.8) is 0 Å². The minimum absolute atomic E-state index is 0.0783. The predicted octanol–water partition coefficient (Wildman–Crippen LogP) is 5.18. The van der Waals surface area contributed by atoms with Gasteiger partial charge in [-0.15, -0.1) is 10.2 Å². The van der Waals surface area contributed by atoms with Crippen molar-refractivity contribution < 1.29 is 19.4 Å². The second-order valence-corrected chi connectivity index (χ2v) is 8.88. The Labute approximate surface area is 197 Å². The van der Waals surface area contributed by atoms with Gasteiger partial charge in [-0.3, -0.25) is 14.5 Å². The van der Waals surface area contributed by atoms with Crippen molar-refractivity contribution in [2.75, 3.05) is 11.5 Å². The summed E-state index contributed by atoms with van der Waals surface area (Å²) in [6.07, 6.45) is 0. The highest BCUT2D eigenvalue weighted by Crippen LogP contribution is 2.44. The van der Waals surface area contributed by atoms with Gasteiger partial charge >= 0.3 is 5.91 Å². The summed E-state index contributed by atoms with van der Waals surface area (Å²) in [5.41, 5.74) is 0.786. The number of hydrogen-bond acceptors (Lipinski definition) is 7. The first-order chi connectivity index (χ1) is 15.3. The van der Waals surface area contributed by atoms with Gasteiger partial charge in [0.05, 0.1) is 28.3 Å². The third-order valence-corrected chi connectivity index (χ3v) is 6.44. The molecule has 0 spiro atoms. The van der Waals surface area contributed by atoms with Crippen LogP contribution in [-0.2, 0) is 9.59 Å². The average Bonchev–Trinajstić information content (AvgIpc) is 3.31. The van der Waals surface area contributed by atoms with E-state index in [-0.39, 0.29) is 21.5 Å². The molecule has 0 aliphatic carbocycles. The highest BCUT2D eigenvalue weighted by atomic mass is 35.5. The van der Waals surface area contributed by atoms with E-state index in [2.05, 4.69) is 10.2 Å². The molecule has 2 heterocycles. The topological polar surface area (TPSA) is 92.6 Å². The van der Waals surface area contributed by atoms with E-state index in [1.807, 2.05) is 6.92 Å². The van der Waals surface area contributed by atoms with E-state index in [9.17, 15) is 14.7 Å². The van der Waals surface area contributed by atoms with E-state index in [4.69, 9.17) is 27.9 Å². The number of amides is 1. The number of aliphatic hydroxyl groups is 1. The fraction of sp³-hybridized carbons (Fsp3) is 0.182. The van der Waals surface area contributed by atoms with Crippen molar-refractivity contribution in [3.05, 3.63) is 74.2 Å². The van der Waals surface area contributed by atoms with Crippen LogP contribution in [0.15, 0.2) is 48.0 Å². The normalized spacial score (nSPS) is 17.8. The third kappa shape index (κ3) is 3.97. The van der Waals surface area contributed by atoms with Crippen LogP contribution in [0.25, 0.3) is 5.76 Å². The van der Waals surface area contributed by atoms with Crippen molar-refractivity contribution in [3.8, 4) is 5.75 Å². The van der Waals surface area contributed by atoms with Gasteiger partial charge in [0.2, 0.25) is 5.13 Å². The average molecular weight is 490 g/mol. The molecule has 1 saturated heterocycles. The molecule has 1 aliphatic heterocycles. The minimum atomic E-state index is -0.955. The number of aliphatic hydroxyl groups excluding tert-OH is 1. The molecule has 0 radical (unpaired) electrons. The molecule has 1 N–H and O–H groups in total. The van der Waals surface area contributed by atoms with Crippen molar-refractivity contribution >= 4 is 57.1 Å². The molecule has 1 unspecified atom stereocenters. The van der Waals surface area contributed by atoms with Gasteiger partial charge in [0, 0.05) is 5.56 Å². The van der Waals surface area contributed by atoms with E-state index in [1.54, 1.807) is 49.4 Å². The molecule has 1 amide bonds. The zero-order chi connectivity index (χ0) is 23.0. The molecule has 1 fully saturated rings. The number of aryl methyl sites for hydroxylation is 1. The molecule has 1 atom stereocenters. The lowest BCUT2D eigenvalue weighted by Crippen LogP contribution is -2.29. The Bertz CT molecular complexity index is 1240. The Balaban J connectivity index is 1.90. The number of benzene rings is 2. The summed E-state index contributed by atoms with van der Waals surface area (Å²) >= 11 is 13.4. The van der Waals surface area contributed by atoms with Crippen LogP contribution in [0.5, 0.6) is 5.75 Å².